The highest BCUT2D eigenvalue weighted by Crippen LogP contribution is 1.83. The Balaban J connectivity index is 2.83. The maximum Gasteiger partial charge on any atom is 0.0616 e. The van der Waals surface area contributed by atoms with Crippen LogP contribution in [0.3, 0.4) is 0 Å². The fourth-order valence-corrected chi connectivity index (χ4v) is 0.439. The Hall–Kier alpha value is 0.610. The first-order valence-corrected chi connectivity index (χ1v) is 3.51. The predicted molar refractivity (Wildman–Crippen MR) is 38.8 cm³/mol. The number of nitrogens with zero attached hydrogens (tertiary/aromatic N) is 1. The van der Waals surface area contributed by atoms with Crippen LogP contribution in [-0.2, 0) is 0 Å². The normalized spacial score (nSPS) is 10.3. The number of rotatable bonds is 3. The summed E-state index contributed by atoms with van der Waals surface area (Å²) in [6.45, 7) is 0.753. The highest BCUT2D eigenvalue weighted by Gasteiger charge is 1.87. The van der Waals surface area contributed by atoms with Gasteiger partial charge in [0.25, 0.3) is 0 Å². The number of hydrogen-bond donors (Lipinski definition) is 2. The van der Waals surface area contributed by atoms with Crippen LogP contribution in [0.5, 0.6) is 0 Å². The molecule has 0 bridgehead atoms. The molecule has 44 valence electrons. The minimum Gasteiger partial charge on any atom is -0.283 e. The van der Waals surface area contributed by atoms with Gasteiger partial charge < -0.3 is 0 Å². The topological polar surface area (TPSA) is 41.3 Å². The van der Waals surface area contributed by atoms with E-state index in [2.05, 4.69) is 32.9 Å². The van der Waals surface area contributed by atoms with Crippen LogP contribution in [0.25, 0.3) is 0 Å². The van der Waals surface area contributed by atoms with Gasteiger partial charge in [-0.3, -0.25) is 10.7 Å². The zero-order chi connectivity index (χ0) is 5.70. The number of halogens is 1. The summed E-state index contributed by atoms with van der Waals surface area (Å²) in [4.78, 5) is 2.06. The molecule has 0 atom stereocenters. The second kappa shape index (κ2) is 4.76. The molecule has 3 N–H and O–H groups in total. The molecule has 0 saturated carbocycles. The minimum atomic E-state index is 0.753. The van der Waals surface area contributed by atoms with Crippen molar-refractivity contribution >= 4 is 22.6 Å². The standard InChI is InChI=1S/C3H10IN3/c1-7(2-4)3-6-5/h6H,2-3,5H2,1H3. The Morgan fingerprint density at radius 3 is 2.57 bits per heavy atom. The molecule has 0 saturated heterocycles. The summed E-state index contributed by atoms with van der Waals surface area (Å²) in [7, 11) is 1.99. The van der Waals surface area contributed by atoms with Crippen LogP contribution in [-0.4, -0.2) is 23.2 Å². The van der Waals surface area contributed by atoms with Crippen molar-refractivity contribution in [3.05, 3.63) is 0 Å². The molecular weight excluding hydrogens is 205 g/mol. The molecule has 4 heteroatoms. The average molecular weight is 215 g/mol. The highest BCUT2D eigenvalue weighted by atomic mass is 127. The van der Waals surface area contributed by atoms with Gasteiger partial charge in [-0.1, -0.05) is 22.6 Å². The Morgan fingerprint density at radius 1 is 1.86 bits per heavy atom. The van der Waals surface area contributed by atoms with Gasteiger partial charge in [-0.2, -0.15) is 0 Å². The lowest BCUT2D eigenvalue weighted by Crippen LogP contribution is -2.34. The lowest BCUT2D eigenvalue weighted by Gasteiger charge is -2.09. The maximum atomic E-state index is 5.01. The van der Waals surface area contributed by atoms with Crippen LogP contribution >= 0.6 is 22.6 Å². The van der Waals surface area contributed by atoms with E-state index in [1.54, 1.807) is 0 Å². The van der Waals surface area contributed by atoms with Crippen molar-refractivity contribution in [2.24, 2.45) is 5.84 Å². The van der Waals surface area contributed by atoms with Gasteiger partial charge in [-0.15, -0.1) is 0 Å². The van der Waals surface area contributed by atoms with Gasteiger partial charge in [-0.05, 0) is 7.05 Å². The van der Waals surface area contributed by atoms with Gasteiger partial charge in [0.1, 0.15) is 0 Å². The third-order valence-electron chi connectivity index (χ3n) is 0.565. The van der Waals surface area contributed by atoms with Crippen molar-refractivity contribution < 1.29 is 0 Å². The van der Waals surface area contributed by atoms with E-state index in [1.165, 1.54) is 0 Å². The molecule has 0 aliphatic heterocycles. The van der Waals surface area contributed by atoms with E-state index in [0.29, 0.717) is 0 Å². The molecule has 0 fully saturated rings. The number of nitrogens with two attached hydrogens (primary N) is 1. The second-order valence-electron chi connectivity index (χ2n) is 1.34. The molecule has 0 rings (SSSR count). The van der Waals surface area contributed by atoms with E-state index < -0.39 is 0 Å². The van der Waals surface area contributed by atoms with E-state index in [9.17, 15) is 0 Å². The molecule has 0 radical (unpaired) electrons. The third kappa shape index (κ3) is 4.46. The Kier molecular flexibility index (Phi) is 5.18. The van der Waals surface area contributed by atoms with Crippen LogP contribution < -0.4 is 11.3 Å². The molecule has 0 spiro atoms. The zero-order valence-corrected chi connectivity index (χ0v) is 6.47. The van der Waals surface area contributed by atoms with Gasteiger partial charge in [0.2, 0.25) is 0 Å². The van der Waals surface area contributed by atoms with E-state index in [1.807, 2.05) is 7.05 Å². The summed E-state index contributed by atoms with van der Waals surface area (Å²) in [5.41, 5.74) is 2.54. The molecular formula is C3H10IN3. The van der Waals surface area contributed by atoms with Crippen molar-refractivity contribution in [1.82, 2.24) is 10.3 Å². The van der Waals surface area contributed by atoms with Crippen LogP contribution in [0.1, 0.15) is 0 Å². The van der Waals surface area contributed by atoms with Crippen molar-refractivity contribution in [3.63, 3.8) is 0 Å². The molecule has 0 aliphatic carbocycles. The van der Waals surface area contributed by atoms with Crippen LogP contribution in [0, 0.1) is 0 Å². The molecule has 0 aromatic rings. The summed E-state index contributed by atoms with van der Waals surface area (Å²) in [6.07, 6.45) is 0. The highest BCUT2D eigenvalue weighted by molar-refractivity contribution is 14.1. The quantitative estimate of drug-likeness (QED) is 0.170. The Morgan fingerprint density at radius 2 is 2.43 bits per heavy atom. The maximum absolute atomic E-state index is 5.01. The first-order valence-electron chi connectivity index (χ1n) is 1.99. The van der Waals surface area contributed by atoms with E-state index >= 15 is 0 Å². The Labute approximate surface area is 57.4 Å². The number of hydrogen-bond acceptors (Lipinski definition) is 3. The lowest BCUT2D eigenvalue weighted by atomic mass is 10.9. The smallest absolute Gasteiger partial charge is 0.0616 e. The summed E-state index contributed by atoms with van der Waals surface area (Å²) >= 11 is 2.27. The second-order valence-corrected chi connectivity index (χ2v) is 2.02. The van der Waals surface area contributed by atoms with Gasteiger partial charge in [-0.25, -0.2) is 5.43 Å². The number of alkyl halides is 1. The monoisotopic (exact) mass is 215 g/mol. The fourth-order valence-electron chi connectivity index (χ4n) is 0.198. The minimum absolute atomic E-state index is 0.753. The van der Waals surface area contributed by atoms with Gasteiger partial charge in [0.15, 0.2) is 0 Å². The van der Waals surface area contributed by atoms with Crippen molar-refractivity contribution in [3.8, 4) is 0 Å². The van der Waals surface area contributed by atoms with Crippen LogP contribution in [0.2, 0.25) is 0 Å². The molecule has 0 aromatic heterocycles. The number of nitrogens with one attached hydrogen (secondary N) is 1. The third-order valence-corrected chi connectivity index (χ3v) is 1.73. The van der Waals surface area contributed by atoms with Crippen LogP contribution in [0.4, 0.5) is 0 Å². The van der Waals surface area contributed by atoms with Crippen molar-refractivity contribution in [2.75, 3.05) is 18.3 Å². The SMILES string of the molecule is CN(CI)CNN. The van der Waals surface area contributed by atoms with Crippen LogP contribution in [0.15, 0.2) is 0 Å². The molecule has 0 heterocycles. The zero-order valence-electron chi connectivity index (χ0n) is 4.32. The first kappa shape index (κ1) is 7.61. The van der Waals surface area contributed by atoms with E-state index in [4.69, 9.17) is 5.84 Å². The lowest BCUT2D eigenvalue weighted by molar-refractivity contribution is 0.366. The average Bonchev–Trinajstić information content (AvgIpc) is 1.68. The van der Waals surface area contributed by atoms with Crippen molar-refractivity contribution in [1.29, 1.82) is 0 Å². The summed E-state index contributed by atoms with van der Waals surface area (Å²) < 4.78 is 1.00. The van der Waals surface area contributed by atoms with E-state index in [-0.39, 0.29) is 0 Å². The van der Waals surface area contributed by atoms with E-state index in [0.717, 1.165) is 11.2 Å². The molecule has 0 unspecified atom stereocenters. The van der Waals surface area contributed by atoms with Gasteiger partial charge in [0, 0.05) is 0 Å². The first-order chi connectivity index (χ1) is 3.31. The van der Waals surface area contributed by atoms with Gasteiger partial charge >= 0.3 is 0 Å². The molecule has 0 aromatic carbocycles. The molecule has 7 heavy (non-hydrogen) atoms. The molecule has 0 amide bonds. The van der Waals surface area contributed by atoms with Gasteiger partial charge in [0.05, 0.1) is 11.2 Å². The summed E-state index contributed by atoms with van der Waals surface area (Å²) in [6, 6.07) is 0. The summed E-state index contributed by atoms with van der Waals surface area (Å²) in [5.74, 6) is 5.01. The fraction of sp³-hybridized carbons (Fsp3) is 1.00. The van der Waals surface area contributed by atoms with Crippen molar-refractivity contribution in [2.45, 2.75) is 0 Å². The molecule has 0 aliphatic rings. The molecule has 3 nitrogen and oxygen atoms in total. The Bertz CT molecular complexity index is 41.2. The largest absolute Gasteiger partial charge is 0.283 e. The summed E-state index contributed by atoms with van der Waals surface area (Å²) in [5, 5.41) is 0. The predicted octanol–water partition coefficient (Wildman–Crippen LogP) is -0.269. The number of hydrazine groups is 1.